The number of likely N-dealkylation sites (tertiary alicyclic amines) is 1. The highest BCUT2D eigenvalue weighted by Crippen LogP contribution is 2.38. The number of amides is 1. The van der Waals surface area contributed by atoms with E-state index in [1.807, 2.05) is 0 Å². The Balaban J connectivity index is 1.92. The van der Waals surface area contributed by atoms with Gasteiger partial charge in [0.25, 0.3) is 0 Å². The maximum Gasteiger partial charge on any atom is 0.417 e. The lowest BCUT2D eigenvalue weighted by Gasteiger charge is -2.28. The second-order valence-electron chi connectivity index (χ2n) is 7.58. The molecule has 0 unspecified atom stereocenters. The normalized spacial score (nSPS) is 23.9. The number of sulfone groups is 1. The van der Waals surface area contributed by atoms with Crippen molar-refractivity contribution in [2.24, 2.45) is 5.92 Å². The highest BCUT2D eigenvalue weighted by atomic mass is 32.2. The average Bonchev–Trinajstić information content (AvgIpc) is 3.14. The Morgan fingerprint density at radius 2 is 1.69 bits per heavy atom. The van der Waals surface area contributed by atoms with E-state index in [4.69, 9.17) is 0 Å². The second kappa shape index (κ2) is 7.97. The first-order valence-corrected chi connectivity index (χ1v) is 11.0. The first kappa shape index (κ1) is 21.6. The van der Waals surface area contributed by atoms with Crippen LogP contribution in [0.4, 0.5) is 13.2 Å². The van der Waals surface area contributed by atoms with Crippen molar-refractivity contribution in [3.8, 4) is 0 Å². The third kappa shape index (κ3) is 4.26. The zero-order chi connectivity index (χ0) is 21.4. The van der Waals surface area contributed by atoms with Crippen molar-refractivity contribution in [3.63, 3.8) is 0 Å². The summed E-state index contributed by atoms with van der Waals surface area (Å²) in [5, 5.41) is 8.10. The number of carboxylic acid groups (broad SMARTS) is 1. The monoisotopic (exact) mass is 433 g/mol. The van der Waals surface area contributed by atoms with Gasteiger partial charge in [-0.1, -0.05) is 31.4 Å². The Morgan fingerprint density at radius 1 is 1.07 bits per heavy atom. The Morgan fingerprint density at radius 3 is 2.28 bits per heavy atom. The summed E-state index contributed by atoms with van der Waals surface area (Å²) in [5.41, 5.74) is -1.29. The van der Waals surface area contributed by atoms with E-state index >= 15 is 0 Å². The summed E-state index contributed by atoms with van der Waals surface area (Å²) >= 11 is 0. The van der Waals surface area contributed by atoms with E-state index in [1.54, 1.807) is 0 Å². The van der Waals surface area contributed by atoms with E-state index in [2.05, 4.69) is 0 Å². The number of carboxylic acids is 1. The number of alkyl halides is 3. The van der Waals surface area contributed by atoms with Crippen molar-refractivity contribution in [1.29, 1.82) is 0 Å². The van der Waals surface area contributed by atoms with Gasteiger partial charge in [0.05, 0.1) is 15.7 Å². The molecular formula is C19H22F3NO5S. The lowest BCUT2D eigenvalue weighted by Crippen LogP contribution is -2.44. The fourth-order valence-corrected chi connectivity index (χ4v) is 6.12. The Hall–Kier alpha value is -2.10. The van der Waals surface area contributed by atoms with Gasteiger partial charge in [-0.05, 0) is 31.4 Å². The Labute approximate surface area is 166 Å². The van der Waals surface area contributed by atoms with Crippen molar-refractivity contribution in [3.05, 3.63) is 29.8 Å². The largest absolute Gasteiger partial charge is 0.480 e. The summed E-state index contributed by atoms with van der Waals surface area (Å²) in [6.45, 7) is -0.416. The molecule has 1 aliphatic heterocycles. The predicted molar refractivity (Wildman–Crippen MR) is 96.7 cm³/mol. The summed E-state index contributed by atoms with van der Waals surface area (Å²) in [5.74, 6) is -2.13. The van der Waals surface area contributed by atoms with Crippen LogP contribution in [-0.4, -0.2) is 48.1 Å². The molecule has 0 aromatic heterocycles. The van der Waals surface area contributed by atoms with Gasteiger partial charge in [0.1, 0.15) is 6.04 Å². The fraction of sp³-hybridized carbons (Fsp3) is 0.579. The van der Waals surface area contributed by atoms with Crippen molar-refractivity contribution >= 4 is 21.7 Å². The zero-order valence-corrected chi connectivity index (χ0v) is 16.4. The summed E-state index contributed by atoms with van der Waals surface area (Å²) in [4.78, 5) is 24.7. The zero-order valence-electron chi connectivity index (χ0n) is 15.6. The number of hydrogen-bond acceptors (Lipinski definition) is 4. The smallest absolute Gasteiger partial charge is 0.417 e. The molecule has 0 bridgehead atoms. The van der Waals surface area contributed by atoms with E-state index in [1.165, 1.54) is 6.07 Å². The van der Waals surface area contributed by atoms with Crippen LogP contribution in [0.15, 0.2) is 29.2 Å². The summed E-state index contributed by atoms with van der Waals surface area (Å²) in [6, 6.07) is 2.48. The molecule has 1 heterocycles. The third-order valence-corrected chi connectivity index (χ3v) is 7.91. The van der Waals surface area contributed by atoms with Crippen LogP contribution < -0.4 is 0 Å². The SMILES string of the molecule is O=C(O)[C@@H]1C[C@@H](S(=O)(=O)c2ccccc2C(F)(F)F)CN1C(=O)C1CCCCC1. The number of nitrogens with zero attached hydrogens (tertiary/aromatic N) is 1. The number of carbonyl (C=O) groups is 2. The molecule has 2 atom stereocenters. The van der Waals surface area contributed by atoms with Gasteiger partial charge >= 0.3 is 12.1 Å². The molecule has 0 radical (unpaired) electrons. The van der Waals surface area contributed by atoms with Crippen molar-refractivity contribution in [2.75, 3.05) is 6.54 Å². The van der Waals surface area contributed by atoms with Gasteiger partial charge in [-0.3, -0.25) is 4.79 Å². The van der Waals surface area contributed by atoms with Crippen LogP contribution in [0.2, 0.25) is 0 Å². The highest BCUT2D eigenvalue weighted by Gasteiger charge is 2.48. The van der Waals surface area contributed by atoms with Crippen LogP contribution in [0.1, 0.15) is 44.1 Å². The lowest BCUT2D eigenvalue weighted by atomic mass is 9.88. The first-order valence-electron chi connectivity index (χ1n) is 9.47. The van der Waals surface area contributed by atoms with E-state index in [0.29, 0.717) is 18.9 Å². The number of benzene rings is 1. The van der Waals surface area contributed by atoms with E-state index in [9.17, 15) is 36.3 Å². The molecule has 1 N–H and O–H groups in total. The maximum absolute atomic E-state index is 13.3. The molecule has 2 aliphatic rings. The molecule has 0 spiro atoms. The van der Waals surface area contributed by atoms with Gasteiger partial charge in [-0.25, -0.2) is 13.2 Å². The molecule has 6 nitrogen and oxygen atoms in total. The van der Waals surface area contributed by atoms with Gasteiger partial charge in [-0.15, -0.1) is 0 Å². The fourth-order valence-electron chi connectivity index (χ4n) is 4.21. The highest BCUT2D eigenvalue weighted by molar-refractivity contribution is 7.92. The molecule has 1 aliphatic carbocycles. The molecule has 1 saturated carbocycles. The topological polar surface area (TPSA) is 91.8 Å². The number of rotatable bonds is 4. The molecule has 1 amide bonds. The van der Waals surface area contributed by atoms with Crippen LogP contribution in [0.3, 0.4) is 0 Å². The van der Waals surface area contributed by atoms with Gasteiger partial charge in [0.2, 0.25) is 5.91 Å². The first-order chi connectivity index (χ1) is 13.5. The minimum Gasteiger partial charge on any atom is -0.480 e. The van der Waals surface area contributed by atoms with Gasteiger partial charge in [0, 0.05) is 12.5 Å². The number of halogens is 3. The molecule has 1 aromatic carbocycles. The van der Waals surface area contributed by atoms with Gasteiger partial charge < -0.3 is 10.0 Å². The predicted octanol–water partition coefficient (Wildman–Crippen LogP) is 3.11. The van der Waals surface area contributed by atoms with Gasteiger partial charge in [-0.2, -0.15) is 13.2 Å². The summed E-state index contributed by atoms with van der Waals surface area (Å²) in [6.07, 6.45) is -1.43. The molecule has 10 heteroatoms. The van der Waals surface area contributed by atoms with Gasteiger partial charge in [0.15, 0.2) is 9.84 Å². The van der Waals surface area contributed by atoms with Crippen LogP contribution in [0.5, 0.6) is 0 Å². The molecular weight excluding hydrogens is 411 g/mol. The summed E-state index contributed by atoms with van der Waals surface area (Å²) < 4.78 is 65.9. The standard InChI is InChI=1S/C19H22F3NO5S/c20-19(21,22)14-8-4-5-9-16(14)29(27,28)13-10-15(18(25)26)23(11-13)17(24)12-6-2-1-3-7-12/h4-5,8-9,12-13,15H,1-3,6-7,10-11H2,(H,25,26)/t13-,15+/m1/s1. The molecule has 3 rings (SSSR count). The quantitative estimate of drug-likeness (QED) is 0.788. The van der Waals surface area contributed by atoms with Crippen molar-refractivity contribution < 1.29 is 36.3 Å². The average molecular weight is 433 g/mol. The molecule has 2 fully saturated rings. The van der Waals surface area contributed by atoms with E-state index < -0.39 is 62.6 Å². The minimum absolute atomic E-state index is 0.366. The Kier molecular flexibility index (Phi) is 5.93. The maximum atomic E-state index is 13.3. The third-order valence-electron chi connectivity index (χ3n) is 5.72. The molecule has 1 aromatic rings. The molecule has 160 valence electrons. The summed E-state index contributed by atoms with van der Waals surface area (Å²) in [7, 11) is -4.49. The van der Waals surface area contributed by atoms with Crippen molar-refractivity contribution in [2.45, 2.75) is 60.9 Å². The van der Waals surface area contributed by atoms with E-state index in [0.717, 1.165) is 36.3 Å². The van der Waals surface area contributed by atoms with Crippen LogP contribution in [0.25, 0.3) is 0 Å². The van der Waals surface area contributed by atoms with E-state index in [-0.39, 0.29) is 5.92 Å². The van der Waals surface area contributed by atoms with Crippen molar-refractivity contribution in [1.82, 2.24) is 4.90 Å². The number of carbonyl (C=O) groups excluding carboxylic acids is 1. The molecule has 1 saturated heterocycles. The second-order valence-corrected chi connectivity index (χ2v) is 9.77. The van der Waals surface area contributed by atoms with Crippen LogP contribution >= 0.6 is 0 Å². The van der Waals surface area contributed by atoms with Crippen LogP contribution in [-0.2, 0) is 25.6 Å². The van der Waals surface area contributed by atoms with Crippen LogP contribution in [0, 0.1) is 5.92 Å². The Bertz CT molecular complexity index is 893. The minimum atomic E-state index is -4.87. The number of hydrogen-bond donors (Lipinski definition) is 1. The lowest BCUT2D eigenvalue weighted by molar-refractivity contribution is -0.150. The number of aliphatic carboxylic acids is 1. The molecule has 29 heavy (non-hydrogen) atoms.